The van der Waals surface area contributed by atoms with Crippen molar-refractivity contribution in [1.29, 1.82) is 0 Å². The number of benzene rings is 2. The molecule has 2 heterocycles. The largest absolute Gasteiger partial charge is 0.366 e. The van der Waals surface area contributed by atoms with Crippen molar-refractivity contribution in [3.05, 3.63) is 69.4 Å². The molecule has 1 atom stereocenters. The maximum atomic E-state index is 13.7. The summed E-state index contributed by atoms with van der Waals surface area (Å²) in [4.78, 5) is 30.8. The van der Waals surface area contributed by atoms with Crippen LogP contribution in [0.4, 0.5) is 5.69 Å². The highest BCUT2D eigenvalue weighted by atomic mass is 35.5. The minimum Gasteiger partial charge on any atom is -0.366 e. The number of hydrogen-bond acceptors (Lipinski definition) is 3. The number of imide groups is 1. The predicted octanol–water partition coefficient (Wildman–Crippen LogP) is 5.28. The summed E-state index contributed by atoms with van der Waals surface area (Å²) in [6.07, 6.45) is 2.16. The van der Waals surface area contributed by atoms with Gasteiger partial charge in [-0.05, 0) is 73.9 Å². The lowest BCUT2D eigenvalue weighted by Crippen LogP contribution is -2.39. The molecule has 4 rings (SSSR count). The first-order valence-electron chi connectivity index (χ1n) is 10.5. The van der Waals surface area contributed by atoms with Crippen molar-refractivity contribution in [2.45, 2.75) is 40.5 Å². The van der Waals surface area contributed by atoms with Crippen molar-refractivity contribution in [3.63, 3.8) is 0 Å². The van der Waals surface area contributed by atoms with Crippen molar-refractivity contribution in [2.75, 3.05) is 18.0 Å². The Hall–Kier alpha value is -2.59. The molecule has 2 aliphatic rings. The van der Waals surface area contributed by atoms with Crippen LogP contribution in [0.3, 0.4) is 0 Å². The standard InChI is InChI=1S/C25H27ClN2O2/c1-15-7-6-12-27(14-15)23-22(19-11-10-16(2)17(3)13-19)24(29)28(25(23)30)21-9-5-8-20(26)18(21)4/h5,8-11,13,15H,6-7,12,14H2,1-4H3. The fourth-order valence-corrected chi connectivity index (χ4v) is 4.59. The minimum atomic E-state index is -0.276. The van der Waals surface area contributed by atoms with Gasteiger partial charge in [0.2, 0.25) is 0 Å². The van der Waals surface area contributed by atoms with E-state index in [4.69, 9.17) is 11.6 Å². The second-order valence-electron chi connectivity index (χ2n) is 8.55. The van der Waals surface area contributed by atoms with Crippen LogP contribution in [0.1, 0.15) is 42.0 Å². The molecule has 5 heteroatoms. The maximum Gasteiger partial charge on any atom is 0.282 e. The van der Waals surface area contributed by atoms with E-state index in [-0.39, 0.29) is 11.8 Å². The number of likely N-dealkylation sites (tertiary alicyclic amines) is 1. The lowest BCUT2D eigenvalue weighted by atomic mass is 9.96. The summed E-state index contributed by atoms with van der Waals surface area (Å²) in [5.41, 5.74) is 5.36. The van der Waals surface area contributed by atoms with Gasteiger partial charge in [-0.2, -0.15) is 0 Å². The van der Waals surface area contributed by atoms with Gasteiger partial charge in [-0.1, -0.05) is 42.8 Å². The number of amides is 2. The van der Waals surface area contributed by atoms with Crippen molar-refractivity contribution in [2.24, 2.45) is 5.92 Å². The number of carbonyl (C=O) groups excluding carboxylic acids is 2. The molecule has 156 valence electrons. The van der Waals surface area contributed by atoms with Crippen LogP contribution < -0.4 is 4.90 Å². The zero-order chi connectivity index (χ0) is 21.6. The molecule has 0 aliphatic carbocycles. The first-order chi connectivity index (χ1) is 14.3. The average Bonchev–Trinajstić information content (AvgIpc) is 2.97. The van der Waals surface area contributed by atoms with E-state index in [1.54, 1.807) is 18.2 Å². The Kier molecular flexibility index (Phi) is 5.46. The molecule has 0 saturated carbocycles. The number of piperidine rings is 1. The zero-order valence-corrected chi connectivity index (χ0v) is 18.7. The molecule has 2 aliphatic heterocycles. The third kappa shape index (κ3) is 3.43. The zero-order valence-electron chi connectivity index (χ0n) is 18.0. The predicted molar refractivity (Wildman–Crippen MR) is 121 cm³/mol. The number of carbonyl (C=O) groups is 2. The van der Waals surface area contributed by atoms with Gasteiger partial charge >= 0.3 is 0 Å². The summed E-state index contributed by atoms with van der Waals surface area (Å²) < 4.78 is 0. The van der Waals surface area contributed by atoms with Gasteiger partial charge in [0, 0.05) is 18.1 Å². The molecule has 0 radical (unpaired) electrons. The summed E-state index contributed by atoms with van der Waals surface area (Å²) in [7, 11) is 0. The Balaban J connectivity index is 1.88. The molecule has 0 N–H and O–H groups in total. The van der Waals surface area contributed by atoms with E-state index in [0.29, 0.717) is 27.9 Å². The molecule has 1 saturated heterocycles. The molecule has 30 heavy (non-hydrogen) atoms. The van der Waals surface area contributed by atoms with Crippen molar-refractivity contribution >= 4 is 34.7 Å². The van der Waals surface area contributed by atoms with Gasteiger partial charge in [0.15, 0.2) is 0 Å². The molecule has 4 nitrogen and oxygen atoms in total. The molecule has 0 aromatic heterocycles. The molecule has 2 aromatic rings. The van der Waals surface area contributed by atoms with Gasteiger partial charge in [0.25, 0.3) is 11.8 Å². The van der Waals surface area contributed by atoms with Gasteiger partial charge < -0.3 is 4.90 Å². The average molecular weight is 423 g/mol. The maximum absolute atomic E-state index is 13.7. The topological polar surface area (TPSA) is 40.6 Å². The summed E-state index contributed by atoms with van der Waals surface area (Å²) in [6, 6.07) is 11.3. The number of nitrogens with zero attached hydrogens (tertiary/aromatic N) is 2. The van der Waals surface area contributed by atoms with Crippen LogP contribution in [0.15, 0.2) is 42.1 Å². The van der Waals surface area contributed by atoms with Crippen LogP contribution >= 0.6 is 11.6 Å². The second kappa shape index (κ2) is 7.92. The van der Waals surface area contributed by atoms with Gasteiger partial charge in [-0.15, -0.1) is 0 Å². The van der Waals surface area contributed by atoms with E-state index >= 15 is 0 Å². The third-order valence-corrected chi connectivity index (χ3v) is 6.72. The summed E-state index contributed by atoms with van der Waals surface area (Å²) in [5, 5.41) is 0.542. The second-order valence-corrected chi connectivity index (χ2v) is 8.95. The van der Waals surface area contributed by atoms with Crippen molar-refractivity contribution in [1.82, 2.24) is 4.90 Å². The van der Waals surface area contributed by atoms with Crippen LogP contribution in [0.25, 0.3) is 5.57 Å². The molecule has 2 amide bonds. The molecular formula is C25H27ClN2O2. The van der Waals surface area contributed by atoms with E-state index in [1.165, 1.54) is 4.90 Å². The Bertz CT molecular complexity index is 1070. The lowest BCUT2D eigenvalue weighted by Gasteiger charge is -2.33. The molecule has 0 spiro atoms. The Morgan fingerprint density at radius 1 is 1.00 bits per heavy atom. The van der Waals surface area contributed by atoms with Gasteiger partial charge in [0.1, 0.15) is 5.70 Å². The number of aryl methyl sites for hydroxylation is 2. The van der Waals surface area contributed by atoms with Crippen LogP contribution in [0.2, 0.25) is 5.02 Å². The summed E-state index contributed by atoms with van der Waals surface area (Å²) >= 11 is 6.31. The van der Waals surface area contributed by atoms with E-state index in [0.717, 1.165) is 48.2 Å². The van der Waals surface area contributed by atoms with Crippen LogP contribution in [0, 0.1) is 26.7 Å². The first kappa shape index (κ1) is 20.7. The highest BCUT2D eigenvalue weighted by Gasteiger charge is 2.43. The van der Waals surface area contributed by atoms with Gasteiger partial charge in [0.05, 0.1) is 11.3 Å². The van der Waals surface area contributed by atoms with E-state index < -0.39 is 0 Å². The van der Waals surface area contributed by atoms with E-state index in [1.807, 2.05) is 39.0 Å². The first-order valence-corrected chi connectivity index (χ1v) is 10.9. The van der Waals surface area contributed by atoms with Crippen LogP contribution in [-0.2, 0) is 9.59 Å². The summed E-state index contributed by atoms with van der Waals surface area (Å²) in [6.45, 7) is 9.68. The minimum absolute atomic E-state index is 0.257. The molecule has 1 fully saturated rings. The molecule has 1 unspecified atom stereocenters. The van der Waals surface area contributed by atoms with E-state index in [2.05, 4.69) is 11.8 Å². The number of rotatable bonds is 3. The molecular weight excluding hydrogens is 396 g/mol. The Morgan fingerprint density at radius 2 is 1.77 bits per heavy atom. The number of hydrogen-bond donors (Lipinski definition) is 0. The van der Waals surface area contributed by atoms with E-state index in [9.17, 15) is 9.59 Å². The fraction of sp³-hybridized carbons (Fsp3) is 0.360. The Labute approximate surface area is 183 Å². The quantitative estimate of drug-likeness (QED) is 0.631. The smallest absolute Gasteiger partial charge is 0.282 e. The summed E-state index contributed by atoms with van der Waals surface area (Å²) in [5.74, 6) is -0.0494. The van der Waals surface area contributed by atoms with Gasteiger partial charge in [-0.25, -0.2) is 4.90 Å². The number of halogens is 1. The monoisotopic (exact) mass is 422 g/mol. The molecule has 2 aromatic carbocycles. The van der Waals surface area contributed by atoms with Crippen LogP contribution in [0.5, 0.6) is 0 Å². The fourth-order valence-electron chi connectivity index (χ4n) is 4.42. The molecule has 0 bridgehead atoms. The van der Waals surface area contributed by atoms with Crippen molar-refractivity contribution < 1.29 is 9.59 Å². The van der Waals surface area contributed by atoms with Gasteiger partial charge in [-0.3, -0.25) is 9.59 Å². The third-order valence-electron chi connectivity index (χ3n) is 6.31. The van der Waals surface area contributed by atoms with Crippen LogP contribution in [-0.4, -0.2) is 29.8 Å². The number of anilines is 1. The SMILES string of the molecule is Cc1ccc(C2=C(N3CCCC(C)C3)C(=O)N(c3cccc(Cl)c3C)C2=O)cc1C. The highest BCUT2D eigenvalue weighted by molar-refractivity contribution is 6.46. The highest BCUT2D eigenvalue weighted by Crippen LogP contribution is 2.39. The Morgan fingerprint density at radius 3 is 2.47 bits per heavy atom. The van der Waals surface area contributed by atoms with Crippen molar-refractivity contribution in [3.8, 4) is 0 Å². The normalized spacial score (nSPS) is 19.8. The lowest BCUT2D eigenvalue weighted by molar-refractivity contribution is -0.120.